The number of hydrogen-bond acceptors (Lipinski definition) is 3. The van der Waals surface area contributed by atoms with E-state index in [-0.39, 0.29) is 11.1 Å². The fraction of sp³-hybridized carbons (Fsp3) is 0.556. The van der Waals surface area contributed by atoms with Crippen LogP contribution in [-0.2, 0) is 0 Å². The Morgan fingerprint density at radius 3 is 3.07 bits per heavy atom. The van der Waals surface area contributed by atoms with Crippen LogP contribution < -0.4 is 5.32 Å². The van der Waals surface area contributed by atoms with E-state index in [9.17, 15) is 4.39 Å². The van der Waals surface area contributed by atoms with E-state index in [0.29, 0.717) is 0 Å². The molecule has 0 bridgehead atoms. The third kappa shape index (κ3) is 2.54. The Kier molecular flexibility index (Phi) is 2.82. The Morgan fingerprint density at radius 2 is 2.36 bits per heavy atom. The zero-order valence-electron chi connectivity index (χ0n) is 7.63. The van der Waals surface area contributed by atoms with Crippen molar-refractivity contribution in [3.63, 3.8) is 0 Å². The van der Waals surface area contributed by atoms with Gasteiger partial charge in [0.25, 0.3) is 0 Å². The maximum Gasteiger partial charge on any atom is 0.224 e. The molecule has 1 heterocycles. The summed E-state index contributed by atoms with van der Waals surface area (Å²) in [5.74, 6) is 0.568. The van der Waals surface area contributed by atoms with Crippen molar-refractivity contribution in [3.8, 4) is 0 Å². The molecule has 0 aromatic carbocycles. The minimum absolute atomic E-state index is 0.0697. The van der Waals surface area contributed by atoms with Crippen molar-refractivity contribution >= 4 is 17.4 Å². The third-order valence-electron chi connectivity index (χ3n) is 2.26. The fourth-order valence-corrected chi connectivity index (χ4v) is 1.40. The summed E-state index contributed by atoms with van der Waals surface area (Å²) in [6.07, 6.45) is 4.75. The van der Waals surface area contributed by atoms with Gasteiger partial charge in [0.1, 0.15) is 0 Å². The van der Waals surface area contributed by atoms with E-state index in [1.807, 2.05) is 0 Å². The zero-order chi connectivity index (χ0) is 9.97. The lowest BCUT2D eigenvalue weighted by atomic mass is 10.3. The summed E-state index contributed by atoms with van der Waals surface area (Å²) in [7, 11) is 0. The van der Waals surface area contributed by atoms with Gasteiger partial charge in [-0.05, 0) is 23.9 Å². The predicted octanol–water partition coefficient (Wildman–Crippen LogP) is 2.48. The van der Waals surface area contributed by atoms with Crippen molar-refractivity contribution in [2.45, 2.75) is 19.3 Å². The Balaban J connectivity index is 1.89. The van der Waals surface area contributed by atoms with Crippen molar-refractivity contribution < 1.29 is 4.39 Å². The quantitative estimate of drug-likeness (QED) is 0.785. The molecule has 1 aromatic heterocycles. The van der Waals surface area contributed by atoms with Crippen molar-refractivity contribution in [2.75, 3.05) is 11.9 Å². The van der Waals surface area contributed by atoms with E-state index in [0.717, 1.165) is 25.1 Å². The van der Waals surface area contributed by atoms with Gasteiger partial charge in [0, 0.05) is 6.54 Å². The van der Waals surface area contributed by atoms with Gasteiger partial charge in [-0.15, -0.1) is 0 Å². The number of nitrogens with one attached hydrogen (secondary N) is 1. The van der Waals surface area contributed by atoms with Gasteiger partial charge in [-0.3, -0.25) is 0 Å². The highest BCUT2D eigenvalue weighted by atomic mass is 35.5. The minimum atomic E-state index is -0.454. The van der Waals surface area contributed by atoms with Gasteiger partial charge in [0.2, 0.25) is 5.28 Å². The fourth-order valence-electron chi connectivity index (χ4n) is 1.27. The van der Waals surface area contributed by atoms with E-state index < -0.39 is 5.82 Å². The van der Waals surface area contributed by atoms with Crippen LogP contribution in [0.5, 0.6) is 0 Å². The number of aromatic nitrogens is 2. The van der Waals surface area contributed by atoms with Crippen molar-refractivity contribution in [1.82, 2.24) is 9.97 Å². The second kappa shape index (κ2) is 4.09. The monoisotopic (exact) mass is 215 g/mol. The molecular formula is C9H11ClFN3. The van der Waals surface area contributed by atoms with Crippen LogP contribution in [0.1, 0.15) is 19.3 Å². The molecule has 0 saturated heterocycles. The molecule has 0 atom stereocenters. The molecule has 1 aliphatic rings. The summed E-state index contributed by atoms with van der Waals surface area (Å²) >= 11 is 5.54. The molecule has 1 aliphatic carbocycles. The second-order valence-electron chi connectivity index (χ2n) is 3.49. The second-order valence-corrected chi connectivity index (χ2v) is 3.83. The third-order valence-corrected chi connectivity index (χ3v) is 2.44. The molecule has 0 amide bonds. The maximum absolute atomic E-state index is 13.1. The lowest BCUT2D eigenvalue weighted by Crippen LogP contribution is -2.06. The Bertz CT molecular complexity index is 328. The van der Waals surface area contributed by atoms with Gasteiger partial charge in [-0.2, -0.15) is 4.98 Å². The number of rotatable bonds is 4. The summed E-state index contributed by atoms with van der Waals surface area (Å²) in [5.41, 5.74) is 0. The summed E-state index contributed by atoms with van der Waals surface area (Å²) in [6, 6.07) is 0. The summed E-state index contributed by atoms with van der Waals surface area (Å²) in [5, 5.41) is 2.98. The van der Waals surface area contributed by atoms with Crippen LogP contribution in [-0.4, -0.2) is 16.5 Å². The highest BCUT2D eigenvalue weighted by molar-refractivity contribution is 6.28. The molecule has 0 radical (unpaired) electrons. The van der Waals surface area contributed by atoms with Crippen molar-refractivity contribution in [3.05, 3.63) is 17.3 Å². The first-order valence-electron chi connectivity index (χ1n) is 4.67. The van der Waals surface area contributed by atoms with Crippen LogP contribution >= 0.6 is 11.6 Å². The van der Waals surface area contributed by atoms with E-state index in [1.165, 1.54) is 12.8 Å². The molecule has 1 fully saturated rings. The lowest BCUT2D eigenvalue weighted by molar-refractivity contribution is 0.615. The van der Waals surface area contributed by atoms with Gasteiger partial charge < -0.3 is 5.32 Å². The number of halogens is 2. The van der Waals surface area contributed by atoms with Crippen LogP contribution in [0.2, 0.25) is 5.28 Å². The van der Waals surface area contributed by atoms with E-state index >= 15 is 0 Å². The molecular weight excluding hydrogens is 205 g/mol. The molecule has 3 nitrogen and oxygen atoms in total. The van der Waals surface area contributed by atoms with Crippen LogP contribution in [0.25, 0.3) is 0 Å². The van der Waals surface area contributed by atoms with Gasteiger partial charge in [-0.1, -0.05) is 12.8 Å². The average molecular weight is 216 g/mol. The first-order valence-corrected chi connectivity index (χ1v) is 5.05. The normalized spacial score (nSPS) is 15.6. The maximum atomic E-state index is 13.1. The number of nitrogens with zero attached hydrogens (tertiary/aromatic N) is 2. The minimum Gasteiger partial charge on any atom is -0.367 e. The first kappa shape index (κ1) is 9.65. The summed E-state index contributed by atoms with van der Waals surface area (Å²) in [4.78, 5) is 7.29. The number of anilines is 1. The predicted molar refractivity (Wildman–Crippen MR) is 52.8 cm³/mol. The largest absolute Gasteiger partial charge is 0.367 e. The van der Waals surface area contributed by atoms with Crippen molar-refractivity contribution in [1.29, 1.82) is 0 Å². The van der Waals surface area contributed by atoms with E-state index in [1.54, 1.807) is 0 Å². The number of hydrogen-bond donors (Lipinski definition) is 1. The molecule has 0 spiro atoms. The molecule has 0 aliphatic heterocycles. The van der Waals surface area contributed by atoms with Crippen molar-refractivity contribution in [2.24, 2.45) is 5.92 Å². The molecule has 1 N–H and O–H groups in total. The Morgan fingerprint density at radius 1 is 1.57 bits per heavy atom. The molecule has 1 aromatic rings. The summed E-state index contributed by atoms with van der Waals surface area (Å²) < 4.78 is 13.1. The summed E-state index contributed by atoms with van der Waals surface area (Å²) in [6.45, 7) is 0.745. The zero-order valence-corrected chi connectivity index (χ0v) is 8.39. The van der Waals surface area contributed by atoms with Gasteiger partial charge in [0.15, 0.2) is 11.6 Å². The molecule has 76 valence electrons. The topological polar surface area (TPSA) is 37.8 Å². The standard InChI is InChI=1S/C9H11ClFN3/c10-9-13-5-7(11)8(14-9)12-4-3-6-1-2-6/h5-6H,1-4H2,(H,12,13,14). The smallest absolute Gasteiger partial charge is 0.224 e. The SMILES string of the molecule is Fc1cnc(Cl)nc1NCCC1CC1. The molecule has 0 unspecified atom stereocenters. The molecule has 1 saturated carbocycles. The van der Waals surface area contributed by atoms with Gasteiger partial charge >= 0.3 is 0 Å². The first-order chi connectivity index (χ1) is 6.75. The average Bonchev–Trinajstić information content (AvgIpc) is 2.95. The van der Waals surface area contributed by atoms with Gasteiger partial charge in [-0.25, -0.2) is 9.37 Å². The molecule has 2 rings (SSSR count). The molecule has 14 heavy (non-hydrogen) atoms. The highest BCUT2D eigenvalue weighted by Gasteiger charge is 2.20. The van der Waals surface area contributed by atoms with E-state index in [2.05, 4.69) is 15.3 Å². The van der Waals surface area contributed by atoms with Crippen LogP contribution in [0.3, 0.4) is 0 Å². The Labute approximate surface area is 86.7 Å². The van der Waals surface area contributed by atoms with Gasteiger partial charge in [0.05, 0.1) is 6.20 Å². The molecule has 5 heteroatoms. The van der Waals surface area contributed by atoms with E-state index in [4.69, 9.17) is 11.6 Å². The Hall–Kier alpha value is -0.900. The lowest BCUT2D eigenvalue weighted by Gasteiger charge is -2.05. The van der Waals surface area contributed by atoms with Crippen LogP contribution in [0.15, 0.2) is 6.20 Å². The van der Waals surface area contributed by atoms with Crippen LogP contribution in [0.4, 0.5) is 10.2 Å². The van der Waals surface area contributed by atoms with Crippen LogP contribution in [0, 0.1) is 11.7 Å². The highest BCUT2D eigenvalue weighted by Crippen LogP contribution is 2.32.